The van der Waals surface area contributed by atoms with Gasteiger partial charge in [0.05, 0.1) is 0 Å². The van der Waals surface area contributed by atoms with Crippen LogP contribution in [0.15, 0.2) is 0 Å². The maximum absolute atomic E-state index is 12.5. The van der Waals surface area contributed by atoms with E-state index in [0.717, 1.165) is 19.3 Å². The highest BCUT2D eigenvalue weighted by Gasteiger charge is 2.54. The van der Waals surface area contributed by atoms with Crippen molar-refractivity contribution in [1.29, 1.82) is 0 Å². The summed E-state index contributed by atoms with van der Waals surface area (Å²) in [5.74, 6) is 0.328. The number of rotatable bonds is 4. The van der Waals surface area contributed by atoms with Gasteiger partial charge in [-0.15, -0.1) is 0 Å². The van der Waals surface area contributed by atoms with Gasteiger partial charge in [0.1, 0.15) is 0 Å². The summed E-state index contributed by atoms with van der Waals surface area (Å²) in [6.45, 7) is 0.638. The smallest absolute Gasteiger partial charge is 0.380 e. The number of nitrogens with two attached hydrogens (primary N) is 1. The minimum absolute atomic E-state index is 0.149. The molecule has 0 saturated heterocycles. The second-order valence-electron chi connectivity index (χ2n) is 4.76. The molecular formula is C11H20F3NO. The van der Waals surface area contributed by atoms with Crippen LogP contribution in [0.2, 0.25) is 0 Å². The number of unbranched alkanes of at least 4 members (excludes halogenated alkanes) is 1. The molecule has 0 aromatic heterocycles. The Kier molecular flexibility index (Phi) is 4.62. The summed E-state index contributed by atoms with van der Waals surface area (Å²) in [5.41, 5.74) is 2.92. The van der Waals surface area contributed by atoms with E-state index in [1.54, 1.807) is 0 Å². The zero-order chi connectivity index (χ0) is 12.2. The standard InChI is InChI=1S/C11H20F3NO/c12-11(13,14)10(16)6-4-9(5-7-10)3-1-2-8-15/h9,16H,1-8,15H2. The Morgan fingerprint density at radius 1 is 1.19 bits per heavy atom. The minimum Gasteiger partial charge on any atom is -0.380 e. The average Bonchev–Trinajstić information content (AvgIpc) is 2.20. The van der Waals surface area contributed by atoms with E-state index in [4.69, 9.17) is 5.73 Å². The van der Waals surface area contributed by atoms with Gasteiger partial charge in [-0.25, -0.2) is 0 Å². The number of hydrogen-bond acceptors (Lipinski definition) is 2. The van der Waals surface area contributed by atoms with Crippen LogP contribution in [-0.4, -0.2) is 23.4 Å². The molecule has 0 spiro atoms. The van der Waals surface area contributed by atoms with Gasteiger partial charge in [-0.05, 0) is 44.6 Å². The van der Waals surface area contributed by atoms with E-state index in [1.165, 1.54) is 0 Å². The topological polar surface area (TPSA) is 46.2 Å². The molecule has 96 valence electrons. The first-order chi connectivity index (χ1) is 7.39. The van der Waals surface area contributed by atoms with Gasteiger partial charge < -0.3 is 10.8 Å². The second kappa shape index (κ2) is 5.36. The quantitative estimate of drug-likeness (QED) is 0.741. The minimum atomic E-state index is -4.48. The Morgan fingerprint density at radius 2 is 1.75 bits per heavy atom. The van der Waals surface area contributed by atoms with Gasteiger partial charge in [0, 0.05) is 0 Å². The molecule has 0 unspecified atom stereocenters. The summed E-state index contributed by atoms with van der Waals surface area (Å²) in [6.07, 6.45) is -0.985. The Bertz CT molecular complexity index is 210. The van der Waals surface area contributed by atoms with Crippen LogP contribution in [0.3, 0.4) is 0 Å². The first kappa shape index (κ1) is 13.8. The van der Waals surface area contributed by atoms with Crippen LogP contribution in [0.1, 0.15) is 44.9 Å². The molecule has 1 fully saturated rings. The highest BCUT2D eigenvalue weighted by atomic mass is 19.4. The van der Waals surface area contributed by atoms with Crippen LogP contribution >= 0.6 is 0 Å². The van der Waals surface area contributed by atoms with Crippen LogP contribution in [0.25, 0.3) is 0 Å². The van der Waals surface area contributed by atoms with Gasteiger partial charge in [-0.1, -0.05) is 12.8 Å². The van der Waals surface area contributed by atoms with Crippen molar-refractivity contribution in [3.63, 3.8) is 0 Å². The molecule has 0 radical (unpaired) electrons. The highest BCUT2D eigenvalue weighted by molar-refractivity contribution is 4.91. The summed E-state index contributed by atoms with van der Waals surface area (Å²) in [5, 5.41) is 9.45. The van der Waals surface area contributed by atoms with Crippen molar-refractivity contribution in [3.05, 3.63) is 0 Å². The molecule has 0 aliphatic heterocycles. The predicted octanol–water partition coefficient (Wildman–Crippen LogP) is 2.60. The summed E-state index contributed by atoms with van der Waals surface area (Å²) in [7, 11) is 0. The zero-order valence-electron chi connectivity index (χ0n) is 9.39. The molecule has 16 heavy (non-hydrogen) atoms. The average molecular weight is 239 g/mol. The molecule has 0 atom stereocenters. The molecule has 0 amide bonds. The van der Waals surface area contributed by atoms with Gasteiger partial charge in [-0.2, -0.15) is 13.2 Å². The molecule has 5 heteroatoms. The lowest BCUT2D eigenvalue weighted by Gasteiger charge is -2.37. The SMILES string of the molecule is NCCCCC1CCC(O)(C(F)(F)F)CC1. The monoisotopic (exact) mass is 239 g/mol. The molecule has 1 rings (SSSR count). The summed E-state index contributed by atoms with van der Waals surface area (Å²) < 4.78 is 37.5. The summed E-state index contributed by atoms with van der Waals surface area (Å²) in [4.78, 5) is 0. The molecular weight excluding hydrogens is 219 g/mol. The van der Waals surface area contributed by atoms with Gasteiger partial charge >= 0.3 is 6.18 Å². The third kappa shape index (κ3) is 3.35. The first-order valence-electron chi connectivity index (χ1n) is 5.88. The zero-order valence-corrected chi connectivity index (χ0v) is 9.39. The lowest BCUT2D eigenvalue weighted by atomic mass is 9.76. The molecule has 1 saturated carbocycles. The Labute approximate surface area is 94.0 Å². The van der Waals surface area contributed by atoms with E-state index in [2.05, 4.69) is 0 Å². The number of aliphatic hydroxyl groups is 1. The van der Waals surface area contributed by atoms with Crippen molar-refractivity contribution in [1.82, 2.24) is 0 Å². The van der Waals surface area contributed by atoms with Crippen LogP contribution < -0.4 is 5.73 Å². The van der Waals surface area contributed by atoms with E-state index < -0.39 is 11.8 Å². The van der Waals surface area contributed by atoms with E-state index in [1.807, 2.05) is 0 Å². The van der Waals surface area contributed by atoms with Gasteiger partial charge in [0.25, 0.3) is 0 Å². The van der Waals surface area contributed by atoms with Crippen molar-refractivity contribution in [2.45, 2.75) is 56.7 Å². The molecule has 3 N–H and O–H groups in total. The third-order valence-electron chi connectivity index (χ3n) is 3.53. The molecule has 0 bridgehead atoms. The Balaban J connectivity index is 2.33. The molecule has 1 aliphatic carbocycles. The summed E-state index contributed by atoms with van der Waals surface area (Å²) in [6, 6.07) is 0. The Morgan fingerprint density at radius 3 is 2.19 bits per heavy atom. The largest absolute Gasteiger partial charge is 0.417 e. The van der Waals surface area contributed by atoms with E-state index >= 15 is 0 Å². The Hall–Kier alpha value is -0.290. The number of halogens is 3. The van der Waals surface area contributed by atoms with Crippen LogP contribution in [-0.2, 0) is 0 Å². The maximum atomic E-state index is 12.5. The lowest BCUT2D eigenvalue weighted by molar-refractivity contribution is -0.272. The molecule has 2 nitrogen and oxygen atoms in total. The molecule has 1 aliphatic rings. The molecule has 0 heterocycles. The van der Waals surface area contributed by atoms with Gasteiger partial charge in [0.2, 0.25) is 0 Å². The van der Waals surface area contributed by atoms with Crippen molar-refractivity contribution < 1.29 is 18.3 Å². The van der Waals surface area contributed by atoms with Gasteiger partial charge in [0.15, 0.2) is 5.60 Å². The fourth-order valence-electron chi connectivity index (χ4n) is 2.30. The predicted molar refractivity (Wildman–Crippen MR) is 55.9 cm³/mol. The van der Waals surface area contributed by atoms with Crippen LogP contribution in [0.4, 0.5) is 13.2 Å². The van der Waals surface area contributed by atoms with Crippen LogP contribution in [0, 0.1) is 5.92 Å². The molecule has 0 aromatic carbocycles. The summed E-state index contributed by atoms with van der Waals surface area (Å²) >= 11 is 0. The number of hydrogen-bond donors (Lipinski definition) is 2. The fraction of sp³-hybridized carbons (Fsp3) is 1.00. The van der Waals surface area contributed by atoms with Crippen molar-refractivity contribution in [3.8, 4) is 0 Å². The van der Waals surface area contributed by atoms with Crippen molar-refractivity contribution in [2.75, 3.05) is 6.54 Å². The van der Waals surface area contributed by atoms with Crippen molar-refractivity contribution >= 4 is 0 Å². The second-order valence-corrected chi connectivity index (χ2v) is 4.76. The normalized spacial score (nSPS) is 31.7. The maximum Gasteiger partial charge on any atom is 0.417 e. The van der Waals surface area contributed by atoms with E-state index in [-0.39, 0.29) is 12.8 Å². The van der Waals surface area contributed by atoms with Crippen molar-refractivity contribution in [2.24, 2.45) is 11.7 Å². The molecule has 0 aromatic rings. The third-order valence-corrected chi connectivity index (χ3v) is 3.53. The van der Waals surface area contributed by atoms with Gasteiger partial charge in [-0.3, -0.25) is 0 Å². The highest BCUT2D eigenvalue weighted by Crippen LogP contribution is 2.43. The lowest BCUT2D eigenvalue weighted by Crippen LogP contribution is -2.47. The van der Waals surface area contributed by atoms with E-state index in [9.17, 15) is 18.3 Å². The fourth-order valence-corrected chi connectivity index (χ4v) is 2.30. The van der Waals surface area contributed by atoms with E-state index in [0.29, 0.717) is 25.3 Å². The first-order valence-corrected chi connectivity index (χ1v) is 5.88. The number of alkyl halides is 3. The van der Waals surface area contributed by atoms with Crippen LogP contribution in [0.5, 0.6) is 0 Å².